The van der Waals surface area contributed by atoms with Crippen LogP contribution in [0.3, 0.4) is 0 Å². The molecule has 142 valence electrons. The molecule has 0 aliphatic rings. The van der Waals surface area contributed by atoms with Crippen molar-refractivity contribution in [1.29, 1.82) is 0 Å². The SMILES string of the molecule is O=C(Nc1ccccc1[N+](=O)[O-])c1cccc(S(=O)(=O)Cc2ccccc2)c1. The van der Waals surface area contributed by atoms with Crippen LogP contribution in [0.5, 0.6) is 0 Å². The van der Waals surface area contributed by atoms with Crippen molar-refractivity contribution in [2.24, 2.45) is 0 Å². The zero-order valence-corrected chi connectivity index (χ0v) is 15.4. The zero-order valence-electron chi connectivity index (χ0n) is 14.6. The molecule has 0 saturated carbocycles. The summed E-state index contributed by atoms with van der Waals surface area (Å²) < 4.78 is 25.3. The minimum Gasteiger partial charge on any atom is -0.316 e. The second kappa shape index (κ2) is 8.01. The fraction of sp³-hybridized carbons (Fsp3) is 0.0500. The van der Waals surface area contributed by atoms with Crippen LogP contribution in [0.15, 0.2) is 83.8 Å². The molecule has 3 aromatic rings. The second-order valence-corrected chi connectivity index (χ2v) is 7.99. The average Bonchev–Trinajstić information content (AvgIpc) is 2.69. The molecule has 1 N–H and O–H groups in total. The Morgan fingerprint density at radius 3 is 2.32 bits per heavy atom. The van der Waals surface area contributed by atoms with Gasteiger partial charge in [0.25, 0.3) is 11.6 Å². The van der Waals surface area contributed by atoms with Crippen molar-refractivity contribution in [1.82, 2.24) is 0 Å². The largest absolute Gasteiger partial charge is 0.316 e. The molecule has 0 saturated heterocycles. The molecule has 0 spiro atoms. The van der Waals surface area contributed by atoms with E-state index in [-0.39, 0.29) is 27.6 Å². The van der Waals surface area contributed by atoms with Crippen LogP contribution in [0.1, 0.15) is 15.9 Å². The number of nitro groups is 1. The Bertz CT molecular complexity index is 1130. The van der Waals surface area contributed by atoms with Gasteiger partial charge in [-0.05, 0) is 29.8 Å². The Morgan fingerprint density at radius 2 is 1.61 bits per heavy atom. The third-order valence-corrected chi connectivity index (χ3v) is 5.69. The molecule has 0 aromatic heterocycles. The Balaban J connectivity index is 1.85. The summed E-state index contributed by atoms with van der Waals surface area (Å²) >= 11 is 0. The zero-order chi connectivity index (χ0) is 20.1. The lowest BCUT2D eigenvalue weighted by atomic mass is 10.2. The highest BCUT2D eigenvalue weighted by Gasteiger charge is 2.19. The van der Waals surface area contributed by atoms with Crippen molar-refractivity contribution >= 4 is 27.1 Å². The summed E-state index contributed by atoms with van der Waals surface area (Å²) in [4.78, 5) is 23.0. The lowest BCUT2D eigenvalue weighted by Gasteiger charge is -2.08. The van der Waals surface area contributed by atoms with E-state index in [0.29, 0.717) is 5.56 Å². The number of benzene rings is 3. The number of amides is 1. The van der Waals surface area contributed by atoms with Crippen molar-refractivity contribution in [3.63, 3.8) is 0 Å². The predicted octanol–water partition coefficient (Wildman–Crippen LogP) is 3.82. The van der Waals surface area contributed by atoms with Crippen molar-refractivity contribution in [2.75, 3.05) is 5.32 Å². The molecular formula is C20H16N2O5S. The van der Waals surface area contributed by atoms with E-state index in [1.54, 1.807) is 36.4 Å². The first kappa shape index (κ1) is 19.2. The topological polar surface area (TPSA) is 106 Å². The predicted molar refractivity (Wildman–Crippen MR) is 105 cm³/mol. The van der Waals surface area contributed by atoms with Crippen LogP contribution in [-0.4, -0.2) is 19.2 Å². The molecule has 0 aliphatic carbocycles. The fourth-order valence-corrected chi connectivity index (χ4v) is 4.03. The number of para-hydroxylation sites is 2. The number of carbonyl (C=O) groups excluding carboxylic acids is 1. The van der Waals surface area contributed by atoms with Crippen molar-refractivity contribution in [3.8, 4) is 0 Å². The molecule has 0 atom stereocenters. The van der Waals surface area contributed by atoms with Gasteiger partial charge in [-0.15, -0.1) is 0 Å². The lowest BCUT2D eigenvalue weighted by Crippen LogP contribution is -2.14. The van der Waals surface area contributed by atoms with E-state index in [9.17, 15) is 23.3 Å². The third kappa shape index (κ3) is 4.41. The van der Waals surface area contributed by atoms with Crippen LogP contribution in [-0.2, 0) is 15.6 Å². The van der Waals surface area contributed by atoms with Crippen LogP contribution in [0.25, 0.3) is 0 Å². The van der Waals surface area contributed by atoms with Crippen LogP contribution < -0.4 is 5.32 Å². The number of anilines is 1. The van der Waals surface area contributed by atoms with Gasteiger partial charge in [0.1, 0.15) is 5.69 Å². The standard InChI is InChI=1S/C20H16N2O5S/c23-20(21-18-11-4-5-12-19(18)22(24)25)16-9-6-10-17(13-16)28(26,27)14-15-7-2-1-3-8-15/h1-13H,14H2,(H,21,23). The average molecular weight is 396 g/mol. The van der Waals surface area contributed by atoms with Crippen LogP contribution >= 0.6 is 0 Å². The first-order valence-corrected chi connectivity index (χ1v) is 9.93. The maximum Gasteiger partial charge on any atom is 0.292 e. The van der Waals surface area contributed by atoms with Gasteiger partial charge in [0, 0.05) is 11.6 Å². The van der Waals surface area contributed by atoms with Crippen LogP contribution in [0, 0.1) is 10.1 Å². The normalized spacial score (nSPS) is 11.0. The van der Waals surface area contributed by atoms with Gasteiger partial charge in [0.2, 0.25) is 0 Å². The van der Waals surface area contributed by atoms with Crippen LogP contribution in [0.2, 0.25) is 0 Å². The highest BCUT2D eigenvalue weighted by atomic mass is 32.2. The Hall–Kier alpha value is -3.52. The van der Waals surface area contributed by atoms with Gasteiger partial charge in [-0.3, -0.25) is 14.9 Å². The first-order valence-electron chi connectivity index (χ1n) is 8.28. The van der Waals surface area contributed by atoms with Crippen LogP contribution in [0.4, 0.5) is 11.4 Å². The van der Waals surface area contributed by atoms with Gasteiger partial charge in [-0.2, -0.15) is 0 Å². The summed E-state index contributed by atoms with van der Waals surface area (Å²) in [5.74, 6) is -0.825. The number of hydrogen-bond acceptors (Lipinski definition) is 5. The molecule has 28 heavy (non-hydrogen) atoms. The van der Waals surface area contributed by atoms with E-state index in [0.717, 1.165) is 0 Å². The molecule has 0 fully saturated rings. The molecule has 0 aliphatic heterocycles. The number of hydrogen-bond donors (Lipinski definition) is 1. The van der Waals surface area contributed by atoms with E-state index >= 15 is 0 Å². The van der Waals surface area contributed by atoms with Gasteiger partial charge in [-0.1, -0.05) is 48.5 Å². The summed E-state index contributed by atoms with van der Waals surface area (Å²) in [7, 11) is -3.65. The highest BCUT2D eigenvalue weighted by molar-refractivity contribution is 7.90. The van der Waals surface area contributed by atoms with Crippen molar-refractivity contribution in [3.05, 3.63) is 100 Å². The van der Waals surface area contributed by atoms with E-state index in [2.05, 4.69) is 5.32 Å². The molecule has 8 heteroatoms. The lowest BCUT2D eigenvalue weighted by molar-refractivity contribution is -0.383. The molecule has 3 rings (SSSR count). The molecular weight excluding hydrogens is 380 g/mol. The van der Waals surface area contributed by atoms with E-state index in [4.69, 9.17) is 0 Å². The van der Waals surface area contributed by atoms with Crippen molar-refractivity contribution in [2.45, 2.75) is 10.6 Å². The monoisotopic (exact) mass is 396 g/mol. The second-order valence-electron chi connectivity index (χ2n) is 6.00. The number of carbonyl (C=O) groups is 1. The van der Waals surface area contributed by atoms with Gasteiger partial charge in [0.15, 0.2) is 9.84 Å². The Morgan fingerprint density at radius 1 is 0.929 bits per heavy atom. The summed E-state index contributed by atoms with van der Waals surface area (Å²) in [5.41, 5.74) is 0.517. The van der Waals surface area contributed by atoms with E-state index < -0.39 is 20.7 Å². The summed E-state index contributed by atoms with van der Waals surface area (Å²) in [6.07, 6.45) is 0. The first-order chi connectivity index (χ1) is 13.4. The molecule has 0 bridgehead atoms. The van der Waals surface area contributed by atoms with Gasteiger partial charge >= 0.3 is 0 Å². The number of rotatable bonds is 6. The summed E-state index contributed by atoms with van der Waals surface area (Å²) in [5, 5.41) is 13.5. The van der Waals surface area contributed by atoms with E-state index in [1.807, 2.05) is 0 Å². The fourth-order valence-electron chi connectivity index (χ4n) is 2.64. The molecule has 0 unspecified atom stereocenters. The maximum absolute atomic E-state index is 12.7. The Labute approximate surface area is 161 Å². The maximum atomic E-state index is 12.7. The minimum absolute atomic E-state index is 0.00608. The van der Waals surface area contributed by atoms with E-state index in [1.165, 1.54) is 42.5 Å². The number of nitro benzene ring substituents is 1. The Kier molecular flexibility index (Phi) is 5.51. The quantitative estimate of drug-likeness (QED) is 0.503. The third-order valence-electron chi connectivity index (χ3n) is 4.00. The molecule has 0 radical (unpaired) electrons. The summed E-state index contributed by atoms with van der Waals surface area (Å²) in [6, 6.07) is 20.1. The summed E-state index contributed by atoms with van der Waals surface area (Å²) in [6.45, 7) is 0. The molecule has 1 amide bonds. The van der Waals surface area contributed by atoms with Gasteiger partial charge in [-0.25, -0.2) is 8.42 Å². The van der Waals surface area contributed by atoms with Crippen molar-refractivity contribution < 1.29 is 18.1 Å². The molecule has 3 aromatic carbocycles. The smallest absolute Gasteiger partial charge is 0.292 e. The van der Waals surface area contributed by atoms with Gasteiger partial charge in [0.05, 0.1) is 15.6 Å². The minimum atomic E-state index is -3.65. The molecule has 7 nitrogen and oxygen atoms in total. The molecule has 0 heterocycles. The number of nitrogens with zero attached hydrogens (tertiary/aromatic N) is 1. The van der Waals surface area contributed by atoms with Gasteiger partial charge < -0.3 is 5.32 Å². The number of sulfone groups is 1. The highest BCUT2D eigenvalue weighted by Crippen LogP contribution is 2.24. The number of nitrogens with one attached hydrogen (secondary N) is 1.